The molecule has 0 bridgehead atoms. The first-order chi connectivity index (χ1) is 8.50. The van der Waals surface area contributed by atoms with Crippen molar-refractivity contribution in [3.63, 3.8) is 0 Å². The lowest BCUT2D eigenvalue weighted by atomic mass is 10.1. The van der Waals surface area contributed by atoms with Crippen LogP contribution < -0.4 is 0 Å². The summed E-state index contributed by atoms with van der Waals surface area (Å²) < 4.78 is 0.858. The van der Waals surface area contributed by atoms with Crippen LogP contribution in [0.4, 0.5) is 0 Å². The van der Waals surface area contributed by atoms with Gasteiger partial charge in [-0.05, 0) is 24.6 Å². The molecule has 1 heterocycles. The zero-order valence-corrected chi connectivity index (χ0v) is 12.0. The van der Waals surface area contributed by atoms with Gasteiger partial charge in [0.15, 0.2) is 0 Å². The Hall–Kier alpha value is -1.36. The van der Waals surface area contributed by atoms with Crippen LogP contribution in [0.2, 0.25) is 0 Å². The van der Waals surface area contributed by atoms with Crippen LogP contribution in [0.1, 0.15) is 16.8 Å². The van der Waals surface area contributed by atoms with E-state index in [1.54, 1.807) is 31.1 Å². The van der Waals surface area contributed by atoms with Gasteiger partial charge in [-0.1, -0.05) is 22.0 Å². The van der Waals surface area contributed by atoms with E-state index in [0.29, 0.717) is 18.5 Å². The number of likely N-dealkylation sites (N-methyl/N-ethyl adjacent to an activating group) is 2. The van der Waals surface area contributed by atoms with Gasteiger partial charge in [-0.25, -0.2) is 0 Å². The topological polar surface area (TPSA) is 40.6 Å². The molecule has 1 aliphatic rings. The number of halogens is 1. The van der Waals surface area contributed by atoms with Crippen LogP contribution in [0.25, 0.3) is 0 Å². The number of carbonyl (C=O) groups is 2. The van der Waals surface area contributed by atoms with Crippen LogP contribution in [0, 0.1) is 0 Å². The molecule has 1 unspecified atom stereocenters. The third-order valence-electron chi connectivity index (χ3n) is 3.26. The number of nitrogens with zero attached hydrogens (tertiary/aromatic N) is 2. The van der Waals surface area contributed by atoms with E-state index in [1.165, 1.54) is 4.90 Å². The highest BCUT2D eigenvalue weighted by atomic mass is 79.9. The summed E-state index contributed by atoms with van der Waals surface area (Å²) in [5, 5.41) is 0. The molecule has 0 saturated carbocycles. The summed E-state index contributed by atoms with van der Waals surface area (Å²) in [5.74, 6) is -0.106. The van der Waals surface area contributed by atoms with Gasteiger partial charge in [0, 0.05) is 30.7 Å². The maximum absolute atomic E-state index is 12.3. The Kier molecular flexibility index (Phi) is 3.71. The second-order valence-electron chi connectivity index (χ2n) is 4.49. The number of carbonyl (C=O) groups excluding carboxylic acids is 2. The first-order valence-electron chi connectivity index (χ1n) is 5.78. The van der Waals surface area contributed by atoms with E-state index in [-0.39, 0.29) is 17.9 Å². The van der Waals surface area contributed by atoms with Gasteiger partial charge in [0.2, 0.25) is 5.91 Å². The highest BCUT2D eigenvalue weighted by molar-refractivity contribution is 9.10. The van der Waals surface area contributed by atoms with E-state index in [1.807, 2.05) is 12.1 Å². The highest BCUT2D eigenvalue weighted by Gasteiger charge is 2.34. The number of likely N-dealkylation sites (tertiary alicyclic amines) is 1. The predicted molar refractivity (Wildman–Crippen MR) is 72.3 cm³/mol. The largest absolute Gasteiger partial charge is 0.344 e. The molecule has 0 spiro atoms. The van der Waals surface area contributed by atoms with Gasteiger partial charge < -0.3 is 9.80 Å². The lowest BCUT2D eigenvalue weighted by Crippen LogP contribution is -2.42. The van der Waals surface area contributed by atoms with Crippen molar-refractivity contribution in [3.8, 4) is 0 Å². The fraction of sp³-hybridized carbons (Fsp3) is 0.385. The SMILES string of the molecule is CN1CCC(N(C)C(=O)c2cccc(Br)c2)C1=O. The molecule has 1 saturated heterocycles. The molecule has 1 fully saturated rings. The number of hydrogen-bond donors (Lipinski definition) is 0. The van der Waals surface area contributed by atoms with Crippen LogP contribution in [-0.2, 0) is 4.79 Å². The summed E-state index contributed by atoms with van der Waals surface area (Å²) in [6, 6.07) is 6.87. The molecule has 96 valence electrons. The van der Waals surface area contributed by atoms with Gasteiger partial charge >= 0.3 is 0 Å². The molecule has 0 aliphatic carbocycles. The minimum atomic E-state index is -0.332. The van der Waals surface area contributed by atoms with Crippen molar-refractivity contribution in [2.24, 2.45) is 0 Å². The minimum Gasteiger partial charge on any atom is -0.344 e. The summed E-state index contributed by atoms with van der Waals surface area (Å²) in [5.41, 5.74) is 0.592. The van der Waals surface area contributed by atoms with E-state index in [9.17, 15) is 9.59 Å². The Morgan fingerprint density at radius 1 is 1.50 bits per heavy atom. The third-order valence-corrected chi connectivity index (χ3v) is 3.75. The van der Waals surface area contributed by atoms with Crippen molar-refractivity contribution in [1.29, 1.82) is 0 Å². The normalized spacial score (nSPS) is 19.2. The van der Waals surface area contributed by atoms with E-state index in [4.69, 9.17) is 0 Å². The molecule has 1 aromatic carbocycles. The number of rotatable bonds is 2. The Morgan fingerprint density at radius 2 is 2.22 bits per heavy atom. The molecular formula is C13H15BrN2O2. The zero-order valence-electron chi connectivity index (χ0n) is 10.4. The molecule has 1 aliphatic heterocycles. The summed E-state index contributed by atoms with van der Waals surface area (Å²) in [7, 11) is 3.45. The molecule has 1 atom stereocenters. The first-order valence-corrected chi connectivity index (χ1v) is 6.57. The lowest BCUT2D eigenvalue weighted by molar-refractivity contribution is -0.130. The quantitative estimate of drug-likeness (QED) is 0.835. The minimum absolute atomic E-state index is 0.0147. The molecule has 0 aromatic heterocycles. The van der Waals surface area contributed by atoms with Crippen molar-refractivity contribution in [2.45, 2.75) is 12.5 Å². The average molecular weight is 311 g/mol. The first kappa shape index (κ1) is 13.1. The van der Waals surface area contributed by atoms with Gasteiger partial charge in [-0.2, -0.15) is 0 Å². The van der Waals surface area contributed by atoms with E-state index < -0.39 is 0 Å². The molecule has 4 nitrogen and oxygen atoms in total. The van der Waals surface area contributed by atoms with Crippen LogP contribution in [0.5, 0.6) is 0 Å². The molecule has 1 aromatic rings. The van der Waals surface area contributed by atoms with E-state index >= 15 is 0 Å². The van der Waals surface area contributed by atoms with Gasteiger partial charge in [0.1, 0.15) is 6.04 Å². The van der Waals surface area contributed by atoms with Crippen LogP contribution in [0.3, 0.4) is 0 Å². The third kappa shape index (κ3) is 2.41. The van der Waals surface area contributed by atoms with E-state index in [0.717, 1.165) is 4.47 Å². The van der Waals surface area contributed by atoms with Crippen molar-refractivity contribution in [2.75, 3.05) is 20.6 Å². The van der Waals surface area contributed by atoms with Crippen molar-refractivity contribution < 1.29 is 9.59 Å². The van der Waals surface area contributed by atoms with Crippen LogP contribution in [0.15, 0.2) is 28.7 Å². The Balaban J connectivity index is 2.17. The predicted octanol–water partition coefficient (Wildman–Crippen LogP) is 1.75. The second kappa shape index (κ2) is 5.10. The Labute approximate surface area is 115 Å². The highest BCUT2D eigenvalue weighted by Crippen LogP contribution is 2.18. The Morgan fingerprint density at radius 3 is 2.78 bits per heavy atom. The Bertz CT molecular complexity index is 490. The average Bonchev–Trinajstić information content (AvgIpc) is 2.68. The summed E-state index contributed by atoms with van der Waals surface area (Å²) in [6.45, 7) is 0.708. The van der Waals surface area contributed by atoms with Gasteiger partial charge in [-0.3, -0.25) is 9.59 Å². The van der Waals surface area contributed by atoms with Crippen LogP contribution in [-0.4, -0.2) is 48.3 Å². The smallest absolute Gasteiger partial charge is 0.254 e. The van der Waals surface area contributed by atoms with Crippen molar-refractivity contribution >= 4 is 27.7 Å². The van der Waals surface area contributed by atoms with Gasteiger partial charge in [0.25, 0.3) is 5.91 Å². The molecule has 18 heavy (non-hydrogen) atoms. The fourth-order valence-corrected chi connectivity index (χ4v) is 2.53. The van der Waals surface area contributed by atoms with Gasteiger partial charge in [0.05, 0.1) is 0 Å². The number of benzene rings is 1. The van der Waals surface area contributed by atoms with Gasteiger partial charge in [-0.15, -0.1) is 0 Å². The zero-order chi connectivity index (χ0) is 13.3. The molecule has 0 radical (unpaired) electrons. The number of hydrogen-bond acceptors (Lipinski definition) is 2. The van der Waals surface area contributed by atoms with Crippen molar-refractivity contribution in [3.05, 3.63) is 34.3 Å². The molecule has 0 N–H and O–H groups in total. The second-order valence-corrected chi connectivity index (χ2v) is 5.41. The summed E-state index contributed by atoms with van der Waals surface area (Å²) >= 11 is 3.34. The monoisotopic (exact) mass is 310 g/mol. The molecule has 2 amide bonds. The molecule has 5 heteroatoms. The molecular weight excluding hydrogens is 296 g/mol. The van der Waals surface area contributed by atoms with Crippen LogP contribution >= 0.6 is 15.9 Å². The maximum atomic E-state index is 12.3. The van der Waals surface area contributed by atoms with Crippen molar-refractivity contribution in [1.82, 2.24) is 9.80 Å². The fourth-order valence-electron chi connectivity index (χ4n) is 2.13. The van der Waals surface area contributed by atoms with E-state index in [2.05, 4.69) is 15.9 Å². The molecule has 2 rings (SSSR count). The summed E-state index contributed by atoms with van der Waals surface area (Å²) in [6.07, 6.45) is 0.700. The number of amides is 2. The lowest BCUT2D eigenvalue weighted by Gasteiger charge is -2.23. The summed E-state index contributed by atoms with van der Waals surface area (Å²) in [4.78, 5) is 27.3. The standard InChI is InChI=1S/C13H15BrN2O2/c1-15-7-6-11(13(15)18)16(2)12(17)9-4-3-5-10(14)8-9/h3-5,8,11H,6-7H2,1-2H3. The maximum Gasteiger partial charge on any atom is 0.254 e.